The topological polar surface area (TPSA) is 20.2 Å². The molecule has 0 amide bonds. The molecular weight excluding hydrogens is 315 g/mol. The Labute approximate surface area is 130 Å². The Morgan fingerprint density at radius 2 is 2.20 bits per heavy atom. The molecule has 1 aromatic heterocycles. The van der Waals surface area contributed by atoms with Gasteiger partial charge < -0.3 is 5.11 Å². The Morgan fingerprint density at radius 3 is 2.95 bits per heavy atom. The van der Waals surface area contributed by atoms with E-state index in [1.807, 2.05) is 11.8 Å². The smallest absolute Gasteiger partial charge is 0.142 e. The molecule has 0 saturated heterocycles. The van der Waals surface area contributed by atoms with E-state index in [2.05, 4.69) is 6.07 Å². The van der Waals surface area contributed by atoms with E-state index in [0.29, 0.717) is 6.42 Å². The Morgan fingerprint density at radius 1 is 1.35 bits per heavy atom. The Hall–Kier alpha value is -0.550. The predicted molar refractivity (Wildman–Crippen MR) is 84.3 cm³/mol. The molecule has 1 nitrogen and oxygen atoms in total. The van der Waals surface area contributed by atoms with Crippen molar-refractivity contribution >= 4 is 34.7 Å². The molecule has 0 bridgehead atoms. The highest BCUT2D eigenvalue weighted by Crippen LogP contribution is 2.35. The highest BCUT2D eigenvalue weighted by atomic mass is 35.5. The van der Waals surface area contributed by atoms with Crippen LogP contribution in [0, 0.1) is 5.82 Å². The molecule has 1 unspecified atom stereocenters. The summed E-state index contributed by atoms with van der Waals surface area (Å²) in [6.45, 7) is 0. The normalized spacial score (nSPS) is 15.9. The van der Waals surface area contributed by atoms with Crippen LogP contribution in [0.4, 0.5) is 4.39 Å². The maximum Gasteiger partial charge on any atom is 0.142 e. The lowest BCUT2D eigenvalue weighted by Gasteiger charge is -2.09. The van der Waals surface area contributed by atoms with Gasteiger partial charge >= 0.3 is 0 Å². The number of hydrogen-bond acceptors (Lipinski definition) is 3. The molecule has 1 aliphatic rings. The summed E-state index contributed by atoms with van der Waals surface area (Å²) < 4.78 is 13.4. The van der Waals surface area contributed by atoms with Gasteiger partial charge in [-0.25, -0.2) is 4.39 Å². The quantitative estimate of drug-likeness (QED) is 0.888. The first kappa shape index (κ1) is 14.4. The van der Waals surface area contributed by atoms with Crippen molar-refractivity contribution in [1.82, 2.24) is 0 Å². The summed E-state index contributed by atoms with van der Waals surface area (Å²) in [6, 6.07) is 6.80. The van der Waals surface area contributed by atoms with Gasteiger partial charge in [0.15, 0.2) is 0 Å². The zero-order chi connectivity index (χ0) is 14.1. The van der Waals surface area contributed by atoms with Crippen molar-refractivity contribution in [2.75, 3.05) is 5.75 Å². The number of aryl methyl sites for hydroxylation is 1. The van der Waals surface area contributed by atoms with Crippen molar-refractivity contribution in [1.29, 1.82) is 0 Å². The molecule has 20 heavy (non-hydrogen) atoms. The van der Waals surface area contributed by atoms with Crippen molar-refractivity contribution in [3.05, 3.63) is 56.0 Å². The number of aliphatic hydroxyl groups is 1. The number of thioether (sulfide) groups is 1. The van der Waals surface area contributed by atoms with Gasteiger partial charge in [0.2, 0.25) is 0 Å². The highest BCUT2D eigenvalue weighted by molar-refractivity contribution is 7.98. The van der Waals surface area contributed by atoms with Crippen molar-refractivity contribution in [3.8, 4) is 0 Å². The van der Waals surface area contributed by atoms with E-state index in [9.17, 15) is 9.50 Å². The SMILES string of the molecule is OC(Cc1ccc(Cl)c(F)c1)c1cc2c(s1)CCSC2. The molecule has 106 valence electrons. The molecule has 1 N–H and O–H groups in total. The van der Waals surface area contributed by atoms with Gasteiger partial charge in [-0.05, 0) is 41.5 Å². The Bertz CT molecular complexity index is 603. The zero-order valence-corrected chi connectivity index (χ0v) is 13.1. The second-order valence-electron chi connectivity index (χ2n) is 4.87. The molecule has 2 aromatic rings. The van der Waals surface area contributed by atoms with Gasteiger partial charge in [-0.15, -0.1) is 11.3 Å². The van der Waals surface area contributed by atoms with Crippen LogP contribution < -0.4 is 0 Å². The summed E-state index contributed by atoms with van der Waals surface area (Å²) in [6.07, 6.45) is 0.935. The van der Waals surface area contributed by atoms with Crippen LogP contribution in [0.15, 0.2) is 24.3 Å². The molecule has 1 aromatic carbocycles. The summed E-state index contributed by atoms with van der Waals surface area (Å²) >= 11 is 9.28. The van der Waals surface area contributed by atoms with Gasteiger partial charge in [0.25, 0.3) is 0 Å². The number of hydrogen-bond donors (Lipinski definition) is 1. The molecule has 5 heteroatoms. The molecule has 0 aliphatic carbocycles. The maximum atomic E-state index is 13.4. The maximum absolute atomic E-state index is 13.4. The average molecular weight is 329 g/mol. The van der Waals surface area contributed by atoms with Crippen LogP contribution in [0.5, 0.6) is 0 Å². The Balaban J connectivity index is 1.76. The number of benzene rings is 1. The van der Waals surface area contributed by atoms with E-state index >= 15 is 0 Å². The van der Waals surface area contributed by atoms with Gasteiger partial charge in [-0.1, -0.05) is 17.7 Å². The first-order valence-corrected chi connectivity index (χ1v) is 8.79. The van der Waals surface area contributed by atoms with E-state index in [1.165, 1.54) is 22.6 Å². The van der Waals surface area contributed by atoms with Crippen LogP contribution in [0.1, 0.15) is 27.0 Å². The number of rotatable bonds is 3. The minimum atomic E-state index is -0.573. The third kappa shape index (κ3) is 3.03. The number of aliphatic hydroxyl groups excluding tert-OH is 1. The molecular formula is C15H14ClFOS2. The fourth-order valence-electron chi connectivity index (χ4n) is 2.32. The van der Waals surface area contributed by atoms with Crippen molar-refractivity contribution in [2.45, 2.75) is 24.7 Å². The van der Waals surface area contributed by atoms with E-state index in [4.69, 9.17) is 11.6 Å². The van der Waals surface area contributed by atoms with E-state index < -0.39 is 11.9 Å². The van der Waals surface area contributed by atoms with Crippen molar-refractivity contribution < 1.29 is 9.50 Å². The van der Waals surface area contributed by atoms with Crippen molar-refractivity contribution in [3.63, 3.8) is 0 Å². The van der Waals surface area contributed by atoms with Crippen molar-refractivity contribution in [2.24, 2.45) is 0 Å². The largest absolute Gasteiger partial charge is 0.387 e. The van der Waals surface area contributed by atoms with Gasteiger partial charge in [0.05, 0.1) is 11.1 Å². The second kappa shape index (κ2) is 6.06. The molecule has 0 spiro atoms. The van der Waals surface area contributed by atoms with Gasteiger partial charge in [-0.2, -0.15) is 11.8 Å². The monoisotopic (exact) mass is 328 g/mol. The summed E-state index contributed by atoms with van der Waals surface area (Å²) in [5.74, 6) is 1.76. The van der Waals surface area contributed by atoms with Gasteiger partial charge in [-0.3, -0.25) is 0 Å². The van der Waals surface area contributed by atoms with Gasteiger partial charge in [0.1, 0.15) is 5.82 Å². The van der Waals surface area contributed by atoms with Gasteiger partial charge in [0, 0.05) is 21.9 Å². The molecule has 2 heterocycles. The van der Waals surface area contributed by atoms with Crippen LogP contribution in [-0.4, -0.2) is 10.9 Å². The fourth-order valence-corrected chi connectivity index (χ4v) is 4.80. The van der Waals surface area contributed by atoms with E-state index in [1.54, 1.807) is 17.4 Å². The summed E-state index contributed by atoms with van der Waals surface area (Å²) in [5.41, 5.74) is 2.11. The van der Waals surface area contributed by atoms with Crippen LogP contribution >= 0.6 is 34.7 Å². The average Bonchev–Trinajstić information content (AvgIpc) is 2.87. The van der Waals surface area contributed by atoms with E-state index in [0.717, 1.165) is 28.4 Å². The lowest BCUT2D eigenvalue weighted by Crippen LogP contribution is -2.00. The molecule has 0 radical (unpaired) electrons. The second-order valence-corrected chi connectivity index (χ2v) is 7.55. The molecule has 3 rings (SSSR count). The lowest BCUT2D eigenvalue weighted by atomic mass is 10.1. The summed E-state index contributed by atoms with van der Waals surface area (Å²) in [4.78, 5) is 2.37. The molecule has 1 atom stereocenters. The van der Waals surface area contributed by atoms with Crippen LogP contribution in [0.25, 0.3) is 0 Å². The first-order chi connectivity index (χ1) is 9.63. The number of thiophene rings is 1. The third-order valence-electron chi connectivity index (χ3n) is 3.39. The summed E-state index contributed by atoms with van der Waals surface area (Å²) in [7, 11) is 0. The summed E-state index contributed by atoms with van der Waals surface area (Å²) in [5, 5.41) is 10.4. The standard InChI is InChI=1S/C15H14ClFOS2/c16-11-2-1-9(5-12(11)17)6-13(18)15-7-10-8-19-4-3-14(10)20-15/h1-2,5,7,13,18H,3-4,6,8H2. The lowest BCUT2D eigenvalue weighted by molar-refractivity contribution is 0.182. The first-order valence-electron chi connectivity index (χ1n) is 6.44. The number of fused-ring (bicyclic) bond motifs is 1. The van der Waals surface area contributed by atoms with E-state index in [-0.39, 0.29) is 5.02 Å². The highest BCUT2D eigenvalue weighted by Gasteiger charge is 2.18. The van der Waals surface area contributed by atoms with Crippen LogP contribution in [-0.2, 0) is 18.6 Å². The third-order valence-corrected chi connectivity index (χ3v) is 6.04. The molecule has 0 fully saturated rings. The number of halogens is 2. The minimum absolute atomic E-state index is 0.117. The minimum Gasteiger partial charge on any atom is -0.387 e. The predicted octanol–water partition coefficient (Wildman–Crippen LogP) is 4.61. The molecule has 1 aliphatic heterocycles. The van der Waals surface area contributed by atoms with Crippen LogP contribution in [0.3, 0.4) is 0 Å². The Kier molecular flexibility index (Phi) is 4.36. The van der Waals surface area contributed by atoms with Crippen LogP contribution in [0.2, 0.25) is 5.02 Å². The molecule has 0 saturated carbocycles. The zero-order valence-electron chi connectivity index (χ0n) is 10.7. The fraction of sp³-hybridized carbons (Fsp3) is 0.333.